The number of carbonyl (C=O) groups is 2. The molecule has 15 heteroatoms. The Labute approximate surface area is 339 Å². The average Bonchev–Trinajstić information content (AvgIpc) is 3.43. The lowest BCUT2D eigenvalue weighted by atomic mass is 9.81. The van der Waals surface area contributed by atoms with Crippen LogP contribution in [0.4, 0.5) is 11.4 Å². The van der Waals surface area contributed by atoms with Crippen molar-refractivity contribution in [3.63, 3.8) is 0 Å². The highest BCUT2D eigenvalue weighted by Crippen LogP contribution is 2.48. The van der Waals surface area contributed by atoms with E-state index in [9.17, 15) is 39.7 Å². The van der Waals surface area contributed by atoms with E-state index in [0.717, 1.165) is 33.9 Å². The van der Waals surface area contributed by atoms with Crippen molar-refractivity contribution >= 4 is 63.9 Å². The second-order valence-corrected chi connectivity index (χ2v) is 22.2. The molecule has 0 unspecified atom stereocenters. The zero-order valence-corrected chi connectivity index (χ0v) is 36.9. The van der Waals surface area contributed by atoms with Crippen LogP contribution in [0.25, 0.3) is 0 Å². The van der Waals surface area contributed by atoms with Gasteiger partial charge in [0.25, 0.3) is 20.2 Å². The number of nitrogens with zero attached hydrogens (tertiary/aromatic N) is 2. The fourth-order valence-corrected chi connectivity index (χ4v) is 9.38. The number of likely N-dealkylation sites (N-methyl/N-ethyl adjacent to an activating group) is 1. The molecule has 312 valence electrons. The number of Topliss-reactive ketones (excluding diaryl/α,β-unsaturated/α-hetero) is 1. The molecule has 0 radical (unpaired) electrons. The van der Waals surface area contributed by atoms with Crippen LogP contribution < -0.4 is 10.2 Å². The van der Waals surface area contributed by atoms with Gasteiger partial charge in [-0.1, -0.05) is 45.9 Å². The SMILES string of the molecule is CCN1/C(=C/C=C/C=C/C2=[N+](CCCCCC(=O)N[C@@H](CC(C)C)C(=O)C=S(C)(C)=O)c3ccc(S(=O)(=O)O)cc3C2(C)C)C(C)(C)c2cc(S(=O)(=O)O)ccc21. The third-order valence-corrected chi connectivity index (χ3v) is 12.9. The zero-order chi connectivity index (χ0) is 42.7. The Morgan fingerprint density at radius 1 is 0.842 bits per heavy atom. The summed E-state index contributed by atoms with van der Waals surface area (Å²) in [7, 11) is -11.2. The number of allylic oxidation sites excluding steroid dienone is 6. The minimum Gasteiger partial charge on any atom is -0.346 e. The second kappa shape index (κ2) is 17.5. The van der Waals surface area contributed by atoms with E-state index in [1.54, 1.807) is 12.1 Å². The number of hydrogen-bond donors (Lipinski definition) is 3. The Morgan fingerprint density at radius 3 is 2.04 bits per heavy atom. The Bertz CT molecular complexity index is 2370. The first kappa shape index (κ1) is 45.8. The number of benzene rings is 2. The van der Waals surface area contributed by atoms with Gasteiger partial charge in [-0.25, -0.2) is 0 Å². The van der Waals surface area contributed by atoms with Crippen LogP contribution in [0.15, 0.2) is 82.3 Å². The third kappa shape index (κ3) is 11.0. The average molecular weight is 845 g/mol. The Hall–Kier alpha value is -3.89. The molecule has 0 aliphatic carbocycles. The van der Waals surface area contributed by atoms with Crippen LogP contribution in [0, 0.1) is 5.92 Å². The molecule has 0 saturated carbocycles. The molecule has 1 amide bonds. The van der Waals surface area contributed by atoms with Gasteiger partial charge in [-0.05, 0) is 97.4 Å². The number of hydrogen-bond acceptors (Lipinski definition) is 8. The number of anilines is 1. The van der Waals surface area contributed by atoms with Crippen LogP contribution in [0.3, 0.4) is 0 Å². The molecule has 4 rings (SSSR count). The summed E-state index contributed by atoms with van der Waals surface area (Å²) in [5.41, 5.74) is 3.92. The molecule has 2 aromatic carbocycles. The maximum atomic E-state index is 12.9. The minimum absolute atomic E-state index is 0.152. The summed E-state index contributed by atoms with van der Waals surface area (Å²) < 4.78 is 81.8. The standard InChI is InChI=1S/C42H57N3O9S3/c1-10-44-35-22-20-30(56(49,50)51)26-32(35)41(4,5)38(44)17-13-11-14-18-39-42(6,7)33-27-31(57(52,53)54)21-23-36(33)45(39)24-16-12-15-19-40(47)43-34(25-29(2)3)37(46)28-55(8,9)48/h11,13-14,17-18,20-23,26-29,34H,10,12,15-16,19,24-25H2,1-9H3,(H2-,43,47,49,50,51,52,53,54)/p+1/t34-/m0/s1. The summed E-state index contributed by atoms with van der Waals surface area (Å²) in [4.78, 5) is 27.4. The molecule has 0 spiro atoms. The summed E-state index contributed by atoms with van der Waals surface area (Å²) >= 11 is 0. The van der Waals surface area contributed by atoms with E-state index in [1.165, 1.54) is 42.1 Å². The fourth-order valence-electron chi connectivity index (χ4n) is 7.65. The highest BCUT2D eigenvalue weighted by Gasteiger charge is 2.45. The van der Waals surface area contributed by atoms with Gasteiger partial charge in [0.15, 0.2) is 11.5 Å². The molecule has 0 aromatic heterocycles. The lowest BCUT2D eigenvalue weighted by molar-refractivity contribution is -0.438. The second-order valence-electron chi connectivity index (χ2n) is 16.5. The zero-order valence-electron chi connectivity index (χ0n) is 34.4. The lowest BCUT2D eigenvalue weighted by Gasteiger charge is -2.25. The summed E-state index contributed by atoms with van der Waals surface area (Å²) in [6.07, 6.45) is 15.3. The number of carbonyl (C=O) groups excluding carboxylic acids is 2. The minimum atomic E-state index is -4.44. The molecular weight excluding hydrogens is 787 g/mol. The van der Waals surface area contributed by atoms with Crippen LogP contribution in [0.2, 0.25) is 0 Å². The number of ketones is 1. The van der Waals surface area contributed by atoms with Crippen molar-refractivity contribution in [2.75, 3.05) is 30.5 Å². The molecular formula is C42H58N3O9S3+. The summed E-state index contributed by atoms with van der Waals surface area (Å²) in [6, 6.07) is 8.52. The van der Waals surface area contributed by atoms with E-state index >= 15 is 0 Å². The molecule has 2 aliphatic heterocycles. The van der Waals surface area contributed by atoms with Crippen molar-refractivity contribution in [2.45, 2.75) is 107 Å². The maximum absolute atomic E-state index is 12.9. The van der Waals surface area contributed by atoms with E-state index in [-0.39, 0.29) is 33.8 Å². The molecule has 57 heavy (non-hydrogen) atoms. The monoisotopic (exact) mass is 844 g/mol. The van der Waals surface area contributed by atoms with E-state index in [4.69, 9.17) is 0 Å². The van der Waals surface area contributed by atoms with Crippen LogP contribution in [-0.2, 0) is 50.2 Å². The molecule has 2 aromatic rings. The number of fused-ring (bicyclic) bond motifs is 2. The molecule has 2 heterocycles. The van der Waals surface area contributed by atoms with Gasteiger partial charge in [-0.3, -0.25) is 22.9 Å². The van der Waals surface area contributed by atoms with Gasteiger partial charge in [0.2, 0.25) is 11.6 Å². The molecule has 12 nitrogen and oxygen atoms in total. The van der Waals surface area contributed by atoms with Gasteiger partial charge >= 0.3 is 0 Å². The van der Waals surface area contributed by atoms with Crippen molar-refractivity contribution in [1.29, 1.82) is 0 Å². The number of amides is 1. The molecule has 2 aliphatic rings. The molecule has 3 N–H and O–H groups in total. The first-order valence-corrected chi connectivity index (χ1v) is 24.4. The van der Waals surface area contributed by atoms with E-state index in [1.807, 2.05) is 78.8 Å². The van der Waals surface area contributed by atoms with Gasteiger partial charge in [0, 0.05) is 71.8 Å². The largest absolute Gasteiger partial charge is 0.346 e. The number of unbranched alkanes of at least 4 members (excludes halogenated alkanes) is 2. The predicted octanol–water partition coefficient (Wildman–Crippen LogP) is 6.38. The topological polar surface area (TPSA) is 178 Å². The Kier molecular flexibility index (Phi) is 14.1. The molecule has 1 atom stereocenters. The number of nitrogens with one attached hydrogen (secondary N) is 1. The molecule has 0 saturated heterocycles. The van der Waals surface area contributed by atoms with E-state index in [0.29, 0.717) is 38.8 Å². The first-order valence-electron chi connectivity index (χ1n) is 19.1. The van der Waals surface area contributed by atoms with Gasteiger partial charge in [-0.2, -0.15) is 21.4 Å². The smallest absolute Gasteiger partial charge is 0.294 e. The quantitative estimate of drug-likeness (QED) is 0.0533. The molecule has 0 bridgehead atoms. The van der Waals surface area contributed by atoms with Gasteiger partial charge in [0.1, 0.15) is 6.54 Å². The van der Waals surface area contributed by atoms with Gasteiger partial charge < -0.3 is 10.2 Å². The van der Waals surface area contributed by atoms with Crippen LogP contribution in [0.1, 0.15) is 91.7 Å². The maximum Gasteiger partial charge on any atom is 0.294 e. The number of rotatable bonds is 17. The first-order chi connectivity index (χ1) is 26.3. The normalized spacial score (nSPS) is 17.8. The summed E-state index contributed by atoms with van der Waals surface area (Å²) in [5.74, 6) is -0.422. The van der Waals surface area contributed by atoms with Gasteiger partial charge in [0.05, 0.1) is 21.2 Å². The van der Waals surface area contributed by atoms with Crippen LogP contribution >= 0.6 is 0 Å². The lowest BCUT2D eigenvalue weighted by Crippen LogP contribution is -2.42. The highest BCUT2D eigenvalue weighted by molar-refractivity contribution is 8.01. The molecule has 0 fully saturated rings. The van der Waals surface area contributed by atoms with Gasteiger partial charge in [-0.15, -0.1) is 0 Å². The van der Waals surface area contributed by atoms with Crippen molar-refractivity contribution in [3.8, 4) is 0 Å². The van der Waals surface area contributed by atoms with Crippen LogP contribution in [-0.4, -0.2) is 89.1 Å². The van der Waals surface area contributed by atoms with Crippen molar-refractivity contribution in [1.82, 2.24) is 5.32 Å². The Morgan fingerprint density at radius 2 is 1.46 bits per heavy atom. The summed E-state index contributed by atoms with van der Waals surface area (Å²) in [5, 5.41) is 4.06. The van der Waals surface area contributed by atoms with Crippen molar-refractivity contribution in [3.05, 3.63) is 83.6 Å². The van der Waals surface area contributed by atoms with Crippen molar-refractivity contribution in [2.24, 2.45) is 5.92 Å². The van der Waals surface area contributed by atoms with Crippen molar-refractivity contribution < 1.29 is 44.3 Å². The highest BCUT2D eigenvalue weighted by atomic mass is 32.2. The van der Waals surface area contributed by atoms with Crippen LogP contribution in [0.5, 0.6) is 0 Å². The fraction of sp³-hybridized carbons (Fsp3) is 0.476. The van der Waals surface area contributed by atoms with E-state index < -0.39 is 46.6 Å². The predicted molar refractivity (Wildman–Crippen MR) is 229 cm³/mol. The van der Waals surface area contributed by atoms with E-state index in [2.05, 4.69) is 14.8 Å². The Balaban J connectivity index is 1.54. The summed E-state index contributed by atoms with van der Waals surface area (Å²) in [6.45, 7) is 15.2. The third-order valence-electron chi connectivity index (χ3n) is 10.4.